The molecule has 8 aromatic rings. The first kappa shape index (κ1) is 104. The van der Waals surface area contributed by atoms with E-state index in [9.17, 15) is 58.8 Å². The minimum Gasteiger partial charge on any atom is -0.389 e. The number of pyridine rings is 4. The quantitative estimate of drug-likeness (QED) is 0.0217. The molecule has 732 valence electrons. The van der Waals surface area contributed by atoms with Crippen molar-refractivity contribution in [1.29, 1.82) is 0 Å². The largest absolute Gasteiger partial charge is 0.389 e. The third kappa shape index (κ3) is 27.7. The SMILES string of the molecule is Cc1cc(NC(C)(C)C)ncc1-c1sc(C(=O)NCC(C)(C)O)nc1C(=O)N1CCC[C@@H]1C.Cc1cc(NC(C)C)ncc1-c1sc(C(=O)NCC(C)(C)O)nc1C(=O)N1CCCC[C@@H]1C.Cc1cc(NC2CCCC2)ncc1-c1sc(C(=O)NCC(C)(C)O)nc1C(=O)N1C2CCC1CC2.Cc1cc(N[C@H](C)C2CC2)ncc1-c1sc(C(=O)NCC(C)(C)O)nc1C(=O)N1CCC[C@@H]1C. The smallest absolute Gasteiger partial charge is 0.280 e. The molecule has 0 unspecified atom stereocenters. The zero-order valence-electron chi connectivity index (χ0n) is 82.3. The second-order valence-corrected chi connectivity index (χ2v) is 45.4. The molecule has 8 amide bonds. The summed E-state index contributed by atoms with van der Waals surface area (Å²) in [6.07, 6.45) is 25.4. The van der Waals surface area contributed by atoms with Crippen LogP contribution in [0.15, 0.2) is 49.1 Å². The van der Waals surface area contributed by atoms with Crippen LogP contribution in [0.3, 0.4) is 0 Å². The van der Waals surface area contributed by atoms with Crippen LogP contribution in [0.25, 0.3) is 41.8 Å². The van der Waals surface area contributed by atoms with Gasteiger partial charge in [0.05, 0.1) is 41.9 Å². The highest BCUT2D eigenvalue weighted by Crippen LogP contribution is 2.44. The van der Waals surface area contributed by atoms with E-state index in [4.69, 9.17) is 0 Å². The summed E-state index contributed by atoms with van der Waals surface area (Å²) in [6.45, 7) is 41.9. The number of hydrogen-bond donors (Lipinski definition) is 12. The third-order valence-electron chi connectivity index (χ3n) is 25.0. The number of aliphatic hydroxyl groups is 4. The van der Waals surface area contributed by atoms with Crippen LogP contribution in [0.5, 0.6) is 0 Å². The molecule has 15 rings (SSSR count). The van der Waals surface area contributed by atoms with Gasteiger partial charge in [-0.3, -0.25) is 38.4 Å². The van der Waals surface area contributed by atoms with Crippen LogP contribution in [-0.2, 0) is 0 Å². The zero-order valence-corrected chi connectivity index (χ0v) is 85.6. The molecule has 7 aliphatic rings. The summed E-state index contributed by atoms with van der Waals surface area (Å²) in [6, 6.07) is 9.94. The van der Waals surface area contributed by atoms with E-state index in [0.29, 0.717) is 68.5 Å². The Morgan fingerprint density at radius 1 is 0.385 bits per heavy atom. The molecule has 36 heteroatoms. The fourth-order valence-electron chi connectivity index (χ4n) is 17.5. The number of hydrogen-bond acceptors (Lipinski definition) is 28. The molecule has 13 heterocycles. The molecule has 2 aliphatic carbocycles. The number of anilines is 4. The van der Waals surface area contributed by atoms with Crippen LogP contribution in [0, 0.1) is 33.6 Å². The predicted molar refractivity (Wildman–Crippen MR) is 535 cm³/mol. The van der Waals surface area contributed by atoms with Crippen molar-refractivity contribution in [3.8, 4) is 41.8 Å². The normalized spacial score (nSPS) is 18.8. The van der Waals surface area contributed by atoms with Crippen LogP contribution in [0.4, 0.5) is 23.3 Å². The lowest BCUT2D eigenvalue weighted by atomic mass is 10.0. The highest BCUT2D eigenvalue weighted by atomic mass is 32.1. The number of thiazole rings is 4. The van der Waals surface area contributed by atoms with E-state index in [-0.39, 0.29) is 129 Å². The number of amides is 8. The van der Waals surface area contributed by atoms with Crippen molar-refractivity contribution in [1.82, 2.24) is 80.7 Å². The van der Waals surface area contributed by atoms with Gasteiger partial charge in [-0.1, -0.05) is 12.8 Å². The molecule has 5 aliphatic heterocycles. The molecule has 0 aromatic carbocycles. The van der Waals surface area contributed by atoms with E-state index in [1.165, 1.54) is 71.0 Å². The molecule has 7 fully saturated rings. The number of likely N-dealkylation sites (tertiary alicyclic amines) is 3. The van der Waals surface area contributed by atoms with Crippen LogP contribution in [0.1, 0.15) is 330 Å². The molecule has 4 atom stereocenters. The lowest BCUT2D eigenvalue weighted by Crippen LogP contribution is -2.42. The van der Waals surface area contributed by atoms with E-state index in [1.54, 1.807) is 80.2 Å². The van der Waals surface area contributed by atoms with Gasteiger partial charge >= 0.3 is 0 Å². The molecular weight excluding hydrogens is 1790 g/mol. The number of aryl methyl sites for hydroxylation is 4. The number of fused-ring (bicyclic) bond motifs is 2. The molecule has 135 heavy (non-hydrogen) atoms. The van der Waals surface area contributed by atoms with Crippen molar-refractivity contribution in [2.24, 2.45) is 5.92 Å². The summed E-state index contributed by atoms with van der Waals surface area (Å²) in [5.74, 6) is 1.72. The van der Waals surface area contributed by atoms with Gasteiger partial charge in [-0.2, -0.15) is 0 Å². The van der Waals surface area contributed by atoms with Crippen molar-refractivity contribution in [2.45, 2.75) is 331 Å². The fraction of sp³-hybridized carbons (Fsp3) is 0.596. The Bertz CT molecular complexity index is 5560. The van der Waals surface area contributed by atoms with E-state index >= 15 is 0 Å². The predicted octanol–water partition coefficient (Wildman–Crippen LogP) is 15.7. The number of nitrogens with zero attached hydrogens (tertiary/aromatic N) is 12. The Morgan fingerprint density at radius 3 is 0.985 bits per heavy atom. The maximum atomic E-state index is 13.7. The number of rotatable bonds is 28. The minimum absolute atomic E-state index is 0.0843. The van der Waals surface area contributed by atoms with Gasteiger partial charge in [0.1, 0.15) is 46.0 Å². The second-order valence-electron chi connectivity index (χ2n) is 41.4. The maximum Gasteiger partial charge on any atom is 0.280 e. The molecule has 12 N–H and O–H groups in total. The van der Waals surface area contributed by atoms with Crippen molar-refractivity contribution in [3.63, 3.8) is 0 Å². The molecule has 2 saturated carbocycles. The van der Waals surface area contributed by atoms with Crippen molar-refractivity contribution in [2.75, 3.05) is 67.1 Å². The molecule has 8 aromatic heterocycles. The molecule has 0 spiro atoms. The number of aromatic nitrogens is 8. The summed E-state index contributed by atoms with van der Waals surface area (Å²) in [5.41, 5.74) is 3.95. The lowest BCUT2D eigenvalue weighted by molar-refractivity contribution is 0.0628. The van der Waals surface area contributed by atoms with Gasteiger partial charge in [0.2, 0.25) is 0 Å². The summed E-state index contributed by atoms with van der Waals surface area (Å²) < 4.78 is 0. The lowest BCUT2D eigenvalue weighted by Gasteiger charge is -2.33. The number of nitrogens with one attached hydrogen (secondary N) is 8. The van der Waals surface area contributed by atoms with Gasteiger partial charge in [0.15, 0.2) is 20.0 Å². The first-order valence-electron chi connectivity index (χ1n) is 47.7. The average Bonchev–Trinajstić information content (AvgIpc) is 1.55. The Kier molecular flexibility index (Phi) is 33.6. The Labute approximate surface area is 809 Å². The summed E-state index contributed by atoms with van der Waals surface area (Å²) in [7, 11) is 0. The van der Waals surface area contributed by atoms with Crippen LogP contribution in [-0.4, -0.2) is 249 Å². The number of piperidine rings is 1. The molecule has 2 bridgehead atoms. The van der Waals surface area contributed by atoms with Gasteiger partial charge in [-0.05, 0) is 294 Å². The van der Waals surface area contributed by atoms with Gasteiger partial charge in [0.25, 0.3) is 47.3 Å². The van der Waals surface area contributed by atoms with Gasteiger partial charge < -0.3 is 82.6 Å². The first-order valence-corrected chi connectivity index (χ1v) is 51.0. The zero-order chi connectivity index (χ0) is 98.3. The van der Waals surface area contributed by atoms with E-state index in [2.05, 4.69) is 117 Å². The summed E-state index contributed by atoms with van der Waals surface area (Å²) >= 11 is 4.78. The first-order chi connectivity index (χ1) is 63.4. The average molecular weight is 1930 g/mol. The number of carbonyl (C=O) groups is 8. The van der Waals surface area contributed by atoms with E-state index < -0.39 is 40.1 Å². The third-order valence-corrected chi connectivity index (χ3v) is 29.3. The van der Waals surface area contributed by atoms with Gasteiger partial charge in [-0.15, -0.1) is 45.3 Å². The summed E-state index contributed by atoms with van der Waals surface area (Å²) in [5, 5.41) is 65.2. The molecule has 32 nitrogen and oxygen atoms in total. The maximum absolute atomic E-state index is 13.7. The Hall–Kier alpha value is -10.1. The molecule has 5 saturated heterocycles. The van der Waals surface area contributed by atoms with Crippen molar-refractivity contribution >= 4 is 116 Å². The van der Waals surface area contributed by atoms with Crippen molar-refractivity contribution < 1.29 is 58.8 Å². The van der Waals surface area contributed by atoms with Crippen LogP contribution < -0.4 is 42.5 Å². The minimum atomic E-state index is -1.05. The highest BCUT2D eigenvalue weighted by Gasteiger charge is 2.45. The molecule has 0 radical (unpaired) electrons. The molecular formula is C99H140N20O12S4. The second kappa shape index (κ2) is 43.7. The Balaban J connectivity index is 0.000000162. The van der Waals surface area contributed by atoms with Crippen LogP contribution in [0.2, 0.25) is 0 Å². The number of carbonyl (C=O) groups excluding carboxylic acids is 8. The topological polar surface area (TPSA) is 430 Å². The Morgan fingerprint density at radius 2 is 0.681 bits per heavy atom. The monoisotopic (exact) mass is 1930 g/mol. The van der Waals surface area contributed by atoms with E-state index in [1.807, 2.05) is 99.3 Å². The van der Waals surface area contributed by atoms with Gasteiger partial charge in [-0.25, -0.2) is 39.9 Å². The van der Waals surface area contributed by atoms with Crippen LogP contribution >= 0.6 is 45.3 Å². The van der Waals surface area contributed by atoms with Crippen molar-refractivity contribution in [3.05, 3.63) is 114 Å². The standard InChI is InChI=1S/C26H35N5O3S.C25H35N5O3S.2C24H35N5O3S/c1-15-12-20(29-16-6-4-5-7-16)27-13-19(15)22-21(25(33)31-17-8-9-18(31)11-10-17)30-24(35-22)23(32)28-14-26(2,3)34;1-14-11-19(28-16(3)17-8-9-17)26-12-18(14)21-20(24(32)30-10-6-7-15(30)2)29-23(34-21)22(31)27-13-25(4,5)33;1-14-11-17(28-23(3,4)5)25-12-16(14)19-18(22(31)29-10-8-9-15(29)2)27-21(33-19)20(30)26-13-24(6,7)32;1-14(2)27-18-11-15(3)17(12-25-18)20-19(23(31)29-10-8-7-9-16(29)4)28-22(33-20)21(30)26-13-24(5,6)32/h12-13,16-18,34H,4-11,14H2,1-3H3,(H,27,29)(H,28,32);11-12,15-17,33H,6-10,13H2,1-5H3,(H,26,28)(H,27,31);11-12,15,32H,8-10,13H2,1-7H3,(H,25,28)(H,26,30);11-12,14,16,32H,7-10,13H2,1-6H3,(H,25,27)(H,26,30)/t;15-,16+;15-;16-/m.000/s1. The summed E-state index contributed by atoms with van der Waals surface area (Å²) in [4.78, 5) is 152. The van der Waals surface area contributed by atoms with Gasteiger partial charge in [0, 0.05) is 147 Å². The highest BCUT2D eigenvalue weighted by molar-refractivity contribution is 7.18. The van der Waals surface area contributed by atoms with E-state index in [0.717, 1.165) is 151 Å². The fourth-order valence-corrected chi connectivity index (χ4v) is 21.7.